The second-order valence-electron chi connectivity index (χ2n) is 7.84. The molecular formula is C27H23ClINO4. The van der Waals surface area contributed by atoms with Gasteiger partial charge in [-0.05, 0) is 96.5 Å². The largest absolute Gasteiger partial charge is 0.490 e. The highest BCUT2D eigenvalue weighted by Gasteiger charge is 2.25. The number of cyclic esters (lactones) is 1. The van der Waals surface area contributed by atoms with E-state index in [2.05, 4.69) is 27.6 Å². The molecule has 0 unspecified atom stereocenters. The number of aryl methyl sites for hydroxylation is 2. The lowest BCUT2D eigenvalue weighted by molar-refractivity contribution is -0.129. The average molecular weight is 588 g/mol. The van der Waals surface area contributed by atoms with Gasteiger partial charge in [-0.1, -0.05) is 41.4 Å². The van der Waals surface area contributed by atoms with Crippen molar-refractivity contribution in [1.82, 2.24) is 0 Å². The number of hydrogen-bond donors (Lipinski definition) is 0. The molecule has 0 bridgehead atoms. The van der Waals surface area contributed by atoms with Crippen molar-refractivity contribution < 1.29 is 19.0 Å². The minimum atomic E-state index is -0.514. The van der Waals surface area contributed by atoms with Crippen LogP contribution in [-0.2, 0) is 16.1 Å². The second-order valence-corrected chi connectivity index (χ2v) is 9.41. The minimum absolute atomic E-state index is 0.193. The minimum Gasteiger partial charge on any atom is -0.490 e. The molecule has 3 aromatic rings. The molecule has 0 spiro atoms. The monoisotopic (exact) mass is 587 g/mol. The topological polar surface area (TPSA) is 57.1 Å². The number of rotatable bonds is 7. The Bertz CT molecular complexity index is 1300. The van der Waals surface area contributed by atoms with Gasteiger partial charge in [0, 0.05) is 9.13 Å². The van der Waals surface area contributed by atoms with Crippen LogP contribution in [0.25, 0.3) is 6.08 Å². The number of nitrogens with zero attached hydrogens (tertiary/aromatic N) is 1. The smallest absolute Gasteiger partial charge is 0.363 e. The summed E-state index contributed by atoms with van der Waals surface area (Å²) < 4.78 is 18.3. The molecule has 7 heteroatoms. The number of halogens is 2. The normalized spacial score (nSPS) is 14.2. The number of ether oxygens (including phenoxy) is 3. The first-order valence-electron chi connectivity index (χ1n) is 10.8. The SMILES string of the molecule is CCOc1cc(/C=C2\N=C(c3ccc(I)c(C)c3)OC2=O)cc(Cl)c1OCc1ccc(C)cc1. The van der Waals surface area contributed by atoms with Gasteiger partial charge in [0.2, 0.25) is 5.90 Å². The summed E-state index contributed by atoms with van der Waals surface area (Å²) in [4.78, 5) is 16.9. The highest BCUT2D eigenvalue weighted by atomic mass is 127. The van der Waals surface area contributed by atoms with Crippen LogP contribution in [0.4, 0.5) is 0 Å². The zero-order valence-corrected chi connectivity index (χ0v) is 21.9. The second kappa shape index (κ2) is 10.6. The maximum Gasteiger partial charge on any atom is 0.363 e. The molecule has 1 aliphatic heterocycles. The summed E-state index contributed by atoms with van der Waals surface area (Å²) in [7, 11) is 0. The van der Waals surface area contributed by atoms with Crippen molar-refractivity contribution in [2.45, 2.75) is 27.4 Å². The maximum atomic E-state index is 12.5. The molecule has 1 aliphatic rings. The molecule has 5 nitrogen and oxygen atoms in total. The van der Waals surface area contributed by atoms with Crippen molar-refractivity contribution >= 4 is 52.1 Å². The first-order chi connectivity index (χ1) is 16.3. The Balaban J connectivity index is 1.61. The van der Waals surface area contributed by atoms with Gasteiger partial charge in [-0.2, -0.15) is 0 Å². The van der Waals surface area contributed by atoms with Gasteiger partial charge >= 0.3 is 5.97 Å². The molecule has 1 heterocycles. The fourth-order valence-electron chi connectivity index (χ4n) is 3.38. The van der Waals surface area contributed by atoms with Crippen molar-refractivity contribution in [2.75, 3.05) is 6.61 Å². The maximum absolute atomic E-state index is 12.5. The van der Waals surface area contributed by atoms with Crippen LogP contribution in [0.2, 0.25) is 5.02 Å². The van der Waals surface area contributed by atoms with E-state index in [0.29, 0.717) is 35.3 Å². The first-order valence-corrected chi connectivity index (χ1v) is 12.2. The molecule has 34 heavy (non-hydrogen) atoms. The molecule has 174 valence electrons. The Morgan fingerprint density at radius 3 is 2.53 bits per heavy atom. The fraction of sp³-hybridized carbons (Fsp3) is 0.185. The molecule has 0 aromatic heterocycles. The Morgan fingerprint density at radius 2 is 1.82 bits per heavy atom. The van der Waals surface area contributed by atoms with Crippen LogP contribution >= 0.6 is 34.2 Å². The van der Waals surface area contributed by atoms with Gasteiger partial charge in [0.25, 0.3) is 0 Å². The van der Waals surface area contributed by atoms with E-state index >= 15 is 0 Å². The summed E-state index contributed by atoms with van der Waals surface area (Å²) in [6, 6.07) is 17.4. The highest BCUT2D eigenvalue weighted by molar-refractivity contribution is 14.1. The van der Waals surface area contributed by atoms with Gasteiger partial charge in [0.15, 0.2) is 17.2 Å². The third-order valence-electron chi connectivity index (χ3n) is 5.16. The average Bonchev–Trinajstić information content (AvgIpc) is 3.16. The number of aliphatic imine (C=N–C) groups is 1. The van der Waals surface area contributed by atoms with E-state index in [4.69, 9.17) is 25.8 Å². The number of carbonyl (C=O) groups is 1. The third kappa shape index (κ3) is 5.62. The highest BCUT2D eigenvalue weighted by Crippen LogP contribution is 2.38. The lowest BCUT2D eigenvalue weighted by Crippen LogP contribution is -2.05. The zero-order valence-electron chi connectivity index (χ0n) is 19.0. The van der Waals surface area contributed by atoms with E-state index in [9.17, 15) is 4.79 Å². The summed E-state index contributed by atoms with van der Waals surface area (Å²) in [5.74, 6) is 0.724. The molecule has 3 aromatic carbocycles. The molecule has 0 N–H and O–H groups in total. The molecule has 0 fully saturated rings. The van der Waals surface area contributed by atoms with Crippen LogP contribution in [0.5, 0.6) is 11.5 Å². The van der Waals surface area contributed by atoms with Gasteiger partial charge < -0.3 is 14.2 Å². The quantitative estimate of drug-likeness (QED) is 0.172. The van der Waals surface area contributed by atoms with Crippen molar-refractivity contribution in [3.63, 3.8) is 0 Å². The van der Waals surface area contributed by atoms with Gasteiger partial charge in [-0.3, -0.25) is 0 Å². The van der Waals surface area contributed by atoms with Crippen LogP contribution < -0.4 is 9.47 Å². The molecule has 0 aliphatic carbocycles. The predicted octanol–water partition coefficient (Wildman–Crippen LogP) is 6.88. The number of esters is 1. The molecule has 0 saturated heterocycles. The van der Waals surface area contributed by atoms with Crippen LogP contribution in [0.3, 0.4) is 0 Å². The Kier molecular flexibility index (Phi) is 7.58. The van der Waals surface area contributed by atoms with Gasteiger partial charge in [-0.15, -0.1) is 0 Å². The van der Waals surface area contributed by atoms with Gasteiger partial charge in [0.1, 0.15) is 6.61 Å². The van der Waals surface area contributed by atoms with E-state index in [0.717, 1.165) is 20.3 Å². The molecular weight excluding hydrogens is 565 g/mol. The van der Waals surface area contributed by atoms with E-state index in [-0.39, 0.29) is 11.6 Å². The van der Waals surface area contributed by atoms with Crippen LogP contribution in [0, 0.1) is 17.4 Å². The molecule has 0 atom stereocenters. The summed E-state index contributed by atoms with van der Waals surface area (Å²) in [5, 5.41) is 0.383. The Hall–Kier alpha value is -2.84. The van der Waals surface area contributed by atoms with Crippen molar-refractivity contribution in [3.05, 3.63) is 96.7 Å². The van der Waals surface area contributed by atoms with E-state index < -0.39 is 5.97 Å². The summed E-state index contributed by atoms with van der Waals surface area (Å²) in [5.41, 5.74) is 4.90. The van der Waals surface area contributed by atoms with E-state index in [1.165, 1.54) is 5.56 Å². The van der Waals surface area contributed by atoms with Crippen LogP contribution in [-0.4, -0.2) is 18.5 Å². The van der Waals surface area contributed by atoms with Crippen LogP contribution in [0.15, 0.2) is 65.3 Å². The van der Waals surface area contributed by atoms with Crippen LogP contribution in [0.1, 0.15) is 34.7 Å². The fourth-order valence-corrected chi connectivity index (χ4v) is 3.99. The van der Waals surface area contributed by atoms with E-state index in [1.807, 2.05) is 63.2 Å². The molecule has 0 saturated carbocycles. The predicted molar refractivity (Wildman–Crippen MR) is 143 cm³/mol. The molecule has 4 rings (SSSR count). The zero-order chi connectivity index (χ0) is 24.2. The first kappa shape index (κ1) is 24.3. The van der Waals surface area contributed by atoms with Crippen molar-refractivity contribution in [2.24, 2.45) is 4.99 Å². The number of carbonyl (C=O) groups excluding carboxylic acids is 1. The lowest BCUT2D eigenvalue weighted by atomic mass is 10.1. The standard InChI is InChI=1S/C27H23ClINO4/c1-4-32-24-14-19(12-21(28)25(24)33-15-18-7-5-16(2)6-8-18)13-23-27(31)34-26(30-23)20-9-10-22(29)17(3)11-20/h5-14H,4,15H2,1-3H3/b23-13-. The lowest BCUT2D eigenvalue weighted by Gasteiger charge is -2.14. The third-order valence-corrected chi connectivity index (χ3v) is 6.66. The van der Waals surface area contributed by atoms with Crippen molar-refractivity contribution in [1.29, 1.82) is 0 Å². The number of benzene rings is 3. The van der Waals surface area contributed by atoms with Gasteiger partial charge in [-0.25, -0.2) is 9.79 Å². The molecule has 0 amide bonds. The summed E-state index contributed by atoms with van der Waals surface area (Å²) in [6.45, 7) is 6.72. The molecule has 0 radical (unpaired) electrons. The number of hydrogen-bond acceptors (Lipinski definition) is 5. The van der Waals surface area contributed by atoms with Crippen molar-refractivity contribution in [3.8, 4) is 11.5 Å². The van der Waals surface area contributed by atoms with Gasteiger partial charge in [0.05, 0.1) is 11.6 Å². The Labute approximate surface area is 217 Å². The summed E-state index contributed by atoms with van der Waals surface area (Å²) in [6.07, 6.45) is 1.63. The Morgan fingerprint density at radius 1 is 1.06 bits per heavy atom. The van der Waals surface area contributed by atoms with E-state index in [1.54, 1.807) is 18.2 Å². The summed E-state index contributed by atoms with van der Waals surface area (Å²) >= 11 is 8.81.